The molecule has 0 aliphatic carbocycles. The van der Waals surface area contributed by atoms with Crippen molar-refractivity contribution in [1.82, 2.24) is 4.90 Å². The molecule has 1 aromatic rings. The molecule has 2 rings (SSSR count). The number of amides is 1. The Morgan fingerprint density at radius 1 is 1.29 bits per heavy atom. The Labute approximate surface area is 127 Å². The maximum Gasteiger partial charge on any atom is 0.222 e. The number of nitrogens with two attached hydrogens (primary N) is 1. The van der Waals surface area contributed by atoms with Gasteiger partial charge in [-0.3, -0.25) is 4.79 Å². The number of ether oxygens (including phenoxy) is 1. The molecule has 0 saturated carbocycles. The Kier molecular flexibility index (Phi) is 5.90. The second kappa shape index (κ2) is 7.91. The van der Waals surface area contributed by atoms with Crippen LogP contribution in [0.3, 0.4) is 0 Å². The second-order valence-corrected chi connectivity index (χ2v) is 5.66. The lowest BCUT2D eigenvalue weighted by molar-refractivity contribution is -0.132. The summed E-state index contributed by atoms with van der Waals surface area (Å²) in [5.41, 5.74) is 7.75. The molecule has 0 aromatic heterocycles. The molecule has 1 aliphatic heterocycles. The molecular weight excluding hydrogens is 264 g/mol. The lowest BCUT2D eigenvalue weighted by Gasteiger charge is -2.26. The summed E-state index contributed by atoms with van der Waals surface area (Å²) in [5, 5.41) is 0. The fourth-order valence-corrected chi connectivity index (χ4v) is 2.65. The van der Waals surface area contributed by atoms with Crippen molar-refractivity contribution in [3.8, 4) is 5.75 Å². The molecule has 1 saturated heterocycles. The molecule has 4 heteroatoms. The summed E-state index contributed by atoms with van der Waals surface area (Å²) in [7, 11) is 0. The number of carbonyl (C=O) groups excluding carboxylic acids is 1. The topological polar surface area (TPSA) is 55.6 Å². The number of piperidine rings is 1. The minimum atomic E-state index is 0.264. The summed E-state index contributed by atoms with van der Waals surface area (Å²) < 4.78 is 5.56. The third-order valence-electron chi connectivity index (χ3n) is 3.87. The van der Waals surface area contributed by atoms with Crippen LogP contribution in [-0.4, -0.2) is 30.5 Å². The van der Waals surface area contributed by atoms with E-state index in [-0.39, 0.29) is 5.91 Å². The van der Waals surface area contributed by atoms with Gasteiger partial charge in [-0.25, -0.2) is 0 Å². The van der Waals surface area contributed by atoms with Crippen LogP contribution in [-0.2, 0) is 11.2 Å². The number of likely N-dealkylation sites (tertiary alicyclic amines) is 1. The Hall–Kier alpha value is -1.71. The van der Waals surface area contributed by atoms with E-state index in [1.165, 1.54) is 6.42 Å². The molecule has 116 valence electrons. The van der Waals surface area contributed by atoms with Crippen LogP contribution in [0.4, 0.5) is 5.69 Å². The molecule has 0 unspecified atom stereocenters. The molecule has 0 atom stereocenters. The van der Waals surface area contributed by atoms with Gasteiger partial charge in [-0.1, -0.05) is 13.0 Å². The van der Waals surface area contributed by atoms with Crippen molar-refractivity contribution < 1.29 is 9.53 Å². The Balaban J connectivity index is 1.85. The van der Waals surface area contributed by atoms with Gasteiger partial charge in [0.15, 0.2) is 0 Å². The lowest BCUT2D eigenvalue weighted by Crippen LogP contribution is -2.35. The smallest absolute Gasteiger partial charge is 0.222 e. The zero-order valence-electron chi connectivity index (χ0n) is 12.9. The van der Waals surface area contributed by atoms with Crippen molar-refractivity contribution in [2.45, 2.75) is 45.4 Å². The van der Waals surface area contributed by atoms with Crippen molar-refractivity contribution in [3.05, 3.63) is 23.8 Å². The van der Waals surface area contributed by atoms with Gasteiger partial charge < -0.3 is 15.4 Å². The molecule has 0 spiro atoms. The number of benzene rings is 1. The number of hydrogen-bond acceptors (Lipinski definition) is 3. The fourth-order valence-electron chi connectivity index (χ4n) is 2.65. The summed E-state index contributed by atoms with van der Waals surface area (Å²) in [4.78, 5) is 14.1. The first-order valence-corrected chi connectivity index (χ1v) is 7.99. The van der Waals surface area contributed by atoms with Crippen molar-refractivity contribution in [1.29, 1.82) is 0 Å². The van der Waals surface area contributed by atoms with E-state index < -0.39 is 0 Å². The van der Waals surface area contributed by atoms with E-state index in [1.54, 1.807) is 0 Å². The van der Waals surface area contributed by atoms with Crippen LogP contribution >= 0.6 is 0 Å². The molecule has 1 fully saturated rings. The van der Waals surface area contributed by atoms with E-state index in [1.807, 2.05) is 23.1 Å². The first-order valence-electron chi connectivity index (χ1n) is 7.99. The molecule has 0 radical (unpaired) electrons. The highest BCUT2D eigenvalue weighted by atomic mass is 16.5. The average Bonchev–Trinajstić information content (AvgIpc) is 2.52. The summed E-state index contributed by atoms with van der Waals surface area (Å²) in [6, 6.07) is 5.84. The maximum atomic E-state index is 12.1. The second-order valence-electron chi connectivity index (χ2n) is 5.66. The van der Waals surface area contributed by atoms with E-state index in [4.69, 9.17) is 10.5 Å². The quantitative estimate of drug-likeness (QED) is 0.819. The monoisotopic (exact) mass is 290 g/mol. The summed E-state index contributed by atoms with van der Waals surface area (Å²) in [5.74, 6) is 1.00. The highest BCUT2D eigenvalue weighted by Crippen LogP contribution is 2.23. The normalized spacial score (nSPS) is 15.0. The molecule has 2 N–H and O–H groups in total. The van der Waals surface area contributed by atoms with Crippen LogP contribution in [0.1, 0.15) is 44.6 Å². The summed E-state index contributed by atoms with van der Waals surface area (Å²) >= 11 is 0. The average molecular weight is 290 g/mol. The van der Waals surface area contributed by atoms with Gasteiger partial charge in [0.1, 0.15) is 5.75 Å². The molecule has 1 heterocycles. The van der Waals surface area contributed by atoms with Crippen LogP contribution in [0.5, 0.6) is 5.75 Å². The van der Waals surface area contributed by atoms with Crippen molar-refractivity contribution >= 4 is 11.6 Å². The first-order chi connectivity index (χ1) is 10.2. The lowest BCUT2D eigenvalue weighted by atomic mass is 10.1. The predicted molar refractivity (Wildman–Crippen MR) is 85.4 cm³/mol. The van der Waals surface area contributed by atoms with Crippen LogP contribution in [0.15, 0.2) is 18.2 Å². The SMILES string of the molecule is CCCOc1ccc(CCC(=O)N2CCCCC2)cc1N. The fraction of sp³-hybridized carbons (Fsp3) is 0.588. The van der Waals surface area contributed by atoms with Gasteiger partial charge in [-0.2, -0.15) is 0 Å². The number of nitrogen functional groups attached to an aromatic ring is 1. The van der Waals surface area contributed by atoms with Crippen LogP contribution in [0, 0.1) is 0 Å². The number of aryl methyl sites for hydroxylation is 1. The molecule has 0 bridgehead atoms. The minimum Gasteiger partial charge on any atom is -0.491 e. The zero-order valence-corrected chi connectivity index (χ0v) is 12.9. The molecule has 1 amide bonds. The Morgan fingerprint density at radius 3 is 2.71 bits per heavy atom. The van der Waals surface area contributed by atoms with Crippen molar-refractivity contribution in [3.63, 3.8) is 0 Å². The van der Waals surface area contributed by atoms with Gasteiger partial charge in [-0.05, 0) is 49.8 Å². The van der Waals surface area contributed by atoms with Crippen LogP contribution in [0.2, 0.25) is 0 Å². The van der Waals surface area contributed by atoms with Gasteiger partial charge in [0, 0.05) is 19.5 Å². The molecule has 1 aliphatic rings. The van der Waals surface area contributed by atoms with Gasteiger partial charge in [0.25, 0.3) is 0 Å². The standard InChI is InChI=1S/C17H26N2O2/c1-2-12-21-16-8-6-14(13-15(16)18)7-9-17(20)19-10-4-3-5-11-19/h6,8,13H,2-5,7,9-12,18H2,1H3. The first kappa shape index (κ1) is 15.7. The molecule has 4 nitrogen and oxygen atoms in total. The third-order valence-corrected chi connectivity index (χ3v) is 3.87. The summed E-state index contributed by atoms with van der Waals surface area (Å²) in [6.07, 6.45) is 5.80. The number of carbonyl (C=O) groups is 1. The van der Waals surface area contributed by atoms with Gasteiger partial charge in [-0.15, -0.1) is 0 Å². The van der Waals surface area contributed by atoms with Gasteiger partial charge >= 0.3 is 0 Å². The highest BCUT2D eigenvalue weighted by Gasteiger charge is 2.16. The number of hydrogen-bond donors (Lipinski definition) is 1. The van der Waals surface area contributed by atoms with E-state index in [0.717, 1.165) is 50.1 Å². The largest absolute Gasteiger partial charge is 0.491 e. The van der Waals surface area contributed by atoms with Gasteiger partial charge in [0.05, 0.1) is 12.3 Å². The molecule has 21 heavy (non-hydrogen) atoms. The van der Waals surface area contributed by atoms with Gasteiger partial charge in [0.2, 0.25) is 5.91 Å². The third kappa shape index (κ3) is 4.66. The number of anilines is 1. The van der Waals surface area contributed by atoms with E-state index in [9.17, 15) is 4.79 Å². The van der Waals surface area contributed by atoms with Crippen molar-refractivity contribution in [2.24, 2.45) is 0 Å². The van der Waals surface area contributed by atoms with Crippen molar-refractivity contribution in [2.75, 3.05) is 25.4 Å². The number of rotatable bonds is 6. The number of nitrogens with zero attached hydrogens (tertiary/aromatic N) is 1. The highest BCUT2D eigenvalue weighted by molar-refractivity contribution is 5.76. The predicted octanol–water partition coefficient (Wildman–Crippen LogP) is 3.00. The maximum absolute atomic E-state index is 12.1. The minimum absolute atomic E-state index is 0.264. The molecular formula is C17H26N2O2. The van der Waals surface area contributed by atoms with E-state index >= 15 is 0 Å². The van der Waals surface area contributed by atoms with Crippen LogP contribution in [0.25, 0.3) is 0 Å². The summed E-state index contributed by atoms with van der Waals surface area (Å²) in [6.45, 7) is 4.59. The molecule has 1 aromatic carbocycles. The van der Waals surface area contributed by atoms with E-state index in [0.29, 0.717) is 18.7 Å². The van der Waals surface area contributed by atoms with E-state index in [2.05, 4.69) is 6.92 Å². The Morgan fingerprint density at radius 2 is 2.05 bits per heavy atom. The zero-order chi connectivity index (χ0) is 15.1. The Bertz CT molecular complexity index is 468. The van der Waals surface area contributed by atoms with Crippen LogP contribution < -0.4 is 10.5 Å².